The molecule has 7 nitrogen and oxygen atoms in total. The van der Waals surface area contributed by atoms with Crippen LogP contribution in [0.3, 0.4) is 0 Å². The van der Waals surface area contributed by atoms with E-state index in [1.807, 2.05) is 0 Å². The summed E-state index contributed by atoms with van der Waals surface area (Å²) in [5.41, 5.74) is 0.728. The van der Waals surface area contributed by atoms with Crippen molar-refractivity contribution in [2.24, 2.45) is 16.7 Å². The van der Waals surface area contributed by atoms with E-state index in [0.717, 1.165) is 0 Å². The van der Waals surface area contributed by atoms with Gasteiger partial charge >= 0.3 is 0 Å². The number of allylic oxidation sites excluding steroid dienone is 2. The molecule has 5 rings (SSSR count). The van der Waals surface area contributed by atoms with Crippen LogP contribution in [-0.4, -0.2) is 36.4 Å². The van der Waals surface area contributed by atoms with Crippen LogP contribution >= 0.6 is 0 Å². The molecule has 0 aromatic rings. The molecular weight excluding hydrogens is 412 g/mol. The van der Waals surface area contributed by atoms with Gasteiger partial charge in [0, 0.05) is 36.8 Å². The number of rotatable bonds is 1. The third-order valence-corrected chi connectivity index (χ3v) is 6.90. The summed E-state index contributed by atoms with van der Waals surface area (Å²) in [7, 11) is 0. The minimum atomic E-state index is -0.592. The van der Waals surface area contributed by atoms with Crippen LogP contribution in [0, 0.1) is 16.7 Å². The molecule has 174 valence electrons. The van der Waals surface area contributed by atoms with Crippen LogP contribution < -0.4 is 0 Å². The summed E-state index contributed by atoms with van der Waals surface area (Å²) in [4.78, 5) is 26.9. The Morgan fingerprint density at radius 1 is 0.812 bits per heavy atom. The number of carbonyl (C=O) groups excluding carboxylic acids is 2. The van der Waals surface area contributed by atoms with Crippen molar-refractivity contribution in [2.75, 3.05) is 0 Å². The molecule has 0 amide bonds. The molecule has 1 fully saturated rings. The summed E-state index contributed by atoms with van der Waals surface area (Å²) >= 11 is 0. The predicted molar refractivity (Wildman–Crippen MR) is 114 cm³/mol. The molecule has 0 saturated carbocycles. The number of Topliss-reactive ketones (excluding diaryl/α,β-unsaturated/α-hetero) is 2. The zero-order chi connectivity index (χ0) is 23.0. The minimum absolute atomic E-state index is 0.0128. The van der Waals surface area contributed by atoms with E-state index < -0.39 is 30.7 Å². The van der Waals surface area contributed by atoms with E-state index in [1.165, 1.54) is 0 Å². The van der Waals surface area contributed by atoms with Crippen molar-refractivity contribution in [3.05, 3.63) is 34.7 Å². The van der Waals surface area contributed by atoms with Crippen molar-refractivity contribution in [2.45, 2.75) is 92.0 Å². The number of ketones is 2. The molecule has 0 aromatic carbocycles. The maximum absolute atomic E-state index is 13.5. The van der Waals surface area contributed by atoms with Crippen LogP contribution in [0.2, 0.25) is 0 Å². The van der Waals surface area contributed by atoms with Gasteiger partial charge in [-0.15, -0.1) is 0 Å². The van der Waals surface area contributed by atoms with Gasteiger partial charge in [-0.05, 0) is 24.7 Å². The van der Waals surface area contributed by atoms with E-state index in [1.54, 1.807) is 20.1 Å². The SMILES string of the molecule is CC1OC=C2OC(C)OC(C3C4=C(CC(C)(C)CC4=O)OC4=C3C(=O)CC(C)(C)C4)C2O1. The van der Waals surface area contributed by atoms with E-state index >= 15 is 0 Å². The average molecular weight is 445 g/mol. The van der Waals surface area contributed by atoms with Gasteiger partial charge in [0.15, 0.2) is 29.9 Å². The van der Waals surface area contributed by atoms with Crippen LogP contribution in [0.15, 0.2) is 34.7 Å². The fourth-order valence-corrected chi connectivity index (χ4v) is 5.69. The van der Waals surface area contributed by atoms with Gasteiger partial charge in [0.05, 0.1) is 5.92 Å². The first kappa shape index (κ1) is 21.7. The number of hydrogen-bond donors (Lipinski definition) is 0. The Hall–Kier alpha value is -2.12. The third kappa shape index (κ3) is 3.59. The number of hydrogen-bond acceptors (Lipinski definition) is 7. The molecule has 3 heterocycles. The van der Waals surface area contributed by atoms with Crippen molar-refractivity contribution in [3.8, 4) is 0 Å². The van der Waals surface area contributed by atoms with E-state index in [9.17, 15) is 9.59 Å². The zero-order valence-corrected chi connectivity index (χ0v) is 19.7. The molecule has 4 unspecified atom stereocenters. The fraction of sp³-hybridized carbons (Fsp3) is 0.680. The molecule has 5 aliphatic rings. The molecule has 0 N–H and O–H groups in total. The molecule has 1 saturated heterocycles. The molecule has 2 aliphatic carbocycles. The molecule has 4 atom stereocenters. The van der Waals surface area contributed by atoms with Gasteiger partial charge in [-0.2, -0.15) is 0 Å². The Kier molecular flexibility index (Phi) is 4.88. The highest BCUT2D eigenvalue weighted by molar-refractivity contribution is 6.04. The number of fused-ring (bicyclic) bond motifs is 1. The third-order valence-electron chi connectivity index (χ3n) is 6.90. The lowest BCUT2D eigenvalue weighted by atomic mass is 9.65. The standard InChI is InChI=1S/C25H32O7/c1-12-28-11-18-22(30-12)23(31-13(2)29-18)21-19-14(26)7-24(3,4)9-16(19)32-17-10-25(5,6)8-15(27)20(17)21/h11-13,21-23H,7-10H2,1-6H3. The van der Waals surface area contributed by atoms with Crippen molar-refractivity contribution < 1.29 is 33.3 Å². The van der Waals surface area contributed by atoms with E-state index in [-0.39, 0.29) is 22.4 Å². The Labute approximate surface area is 188 Å². The predicted octanol–water partition coefficient (Wildman–Crippen LogP) is 4.28. The zero-order valence-electron chi connectivity index (χ0n) is 19.7. The summed E-state index contributed by atoms with van der Waals surface area (Å²) in [6.45, 7) is 11.9. The summed E-state index contributed by atoms with van der Waals surface area (Å²) in [6, 6.07) is 0. The Morgan fingerprint density at radius 2 is 1.38 bits per heavy atom. The first-order valence-electron chi connectivity index (χ1n) is 11.5. The maximum atomic E-state index is 13.5. The van der Waals surface area contributed by atoms with Crippen molar-refractivity contribution in [3.63, 3.8) is 0 Å². The quantitative estimate of drug-likeness (QED) is 0.597. The molecule has 3 aliphatic heterocycles. The van der Waals surface area contributed by atoms with Gasteiger partial charge in [-0.1, -0.05) is 27.7 Å². The van der Waals surface area contributed by atoms with Gasteiger partial charge in [0.2, 0.25) is 0 Å². The monoisotopic (exact) mass is 444 g/mol. The maximum Gasteiger partial charge on any atom is 0.197 e. The van der Waals surface area contributed by atoms with Crippen LogP contribution in [-0.2, 0) is 33.3 Å². The average Bonchev–Trinajstić information content (AvgIpc) is 2.64. The fourth-order valence-electron chi connectivity index (χ4n) is 5.69. The van der Waals surface area contributed by atoms with E-state index in [0.29, 0.717) is 54.1 Å². The molecule has 7 heteroatoms. The summed E-state index contributed by atoms with van der Waals surface area (Å²) in [6.07, 6.45) is 1.43. The van der Waals surface area contributed by atoms with Crippen molar-refractivity contribution in [1.29, 1.82) is 0 Å². The second-order valence-corrected chi connectivity index (χ2v) is 11.2. The van der Waals surface area contributed by atoms with Crippen molar-refractivity contribution >= 4 is 11.6 Å². The Morgan fingerprint density at radius 3 is 1.94 bits per heavy atom. The molecule has 0 bridgehead atoms. The van der Waals surface area contributed by atoms with Crippen molar-refractivity contribution in [1.82, 2.24) is 0 Å². The lowest BCUT2D eigenvalue weighted by Crippen LogP contribution is -2.53. The number of carbonyl (C=O) groups is 2. The highest BCUT2D eigenvalue weighted by Crippen LogP contribution is 2.53. The summed E-state index contributed by atoms with van der Waals surface area (Å²) in [5, 5.41) is 0. The molecule has 32 heavy (non-hydrogen) atoms. The second-order valence-electron chi connectivity index (χ2n) is 11.2. The molecule has 0 spiro atoms. The second kappa shape index (κ2) is 7.19. The number of ether oxygens (including phenoxy) is 5. The smallest absolute Gasteiger partial charge is 0.197 e. The van der Waals surface area contributed by atoms with Crippen LogP contribution in [0.25, 0.3) is 0 Å². The minimum Gasteiger partial charge on any atom is -0.469 e. The van der Waals surface area contributed by atoms with Crippen LogP contribution in [0.1, 0.15) is 67.2 Å². The molecule has 0 aromatic heterocycles. The summed E-state index contributed by atoms with van der Waals surface area (Å²) < 4.78 is 30.0. The lowest BCUT2D eigenvalue weighted by molar-refractivity contribution is -0.273. The van der Waals surface area contributed by atoms with E-state index in [4.69, 9.17) is 23.7 Å². The van der Waals surface area contributed by atoms with Gasteiger partial charge in [0.1, 0.15) is 30.0 Å². The molecular formula is C25H32O7. The Balaban J connectivity index is 1.66. The first-order valence-corrected chi connectivity index (χ1v) is 11.5. The first-order chi connectivity index (χ1) is 14.9. The van der Waals surface area contributed by atoms with Crippen LogP contribution in [0.5, 0.6) is 0 Å². The van der Waals surface area contributed by atoms with Gasteiger partial charge in [-0.3, -0.25) is 9.59 Å². The van der Waals surface area contributed by atoms with E-state index in [2.05, 4.69) is 27.7 Å². The van der Waals surface area contributed by atoms with Gasteiger partial charge < -0.3 is 23.7 Å². The highest BCUT2D eigenvalue weighted by atomic mass is 16.8. The summed E-state index contributed by atoms with van der Waals surface area (Å²) in [5.74, 6) is 1.35. The van der Waals surface area contributed by atoms with Crippen LogP contribution in [0.4, 0.5) is 0 Å². The molecule has 0 radical (unpaired) electrons. The Bertz CT molecular complexity index is 915. The largest absolute Gasteiger partial charge is 0.469 e. The normalized spacial score (nSPS) is 36.2. The van der Waals surface area contributed by atoms with Gasteiger partial charge in [0.25, 0.3) is 0 Å². The van der Waals surface area contributed by atoms with Gasteiger partial charge in [-0.25, -0.2) is 0 Å². The lowest BCUT2D eigenvalue weighted by Gasteiger charge is -2.48. The highest BCUT2D eigenvalue weighted by Gasteiger charge is 2.54. The topological polar surface area (TPSA) is 80.3 Å².